The monoisotopic (exact) mass is 298 g/mol. The highest BCUT2D eigenvalue weighted by atomic mass is 19.4. The SMILES string of the molecule is Cc1ccc(-n2ncc(C(C)(C)O)c2C(F)(F)F)cc1C. The normalized spacial score (nSPS) is 12.8. The molecule has 0 saturated heterocycles. The molecule has 0 aliphatic carbocycles. The molecule has 21 heavy (non-hydrogen) atoms. The summed E-state index contributed by atoms with van der Waals surface area (Å²) in [5, 5.41) is 13.8. The molecule has 6 heteroatoms. The number of nitrogens with zero attached hydrogens (tertiary/aromatic N) is 2. The highest BCUT2D eigenvalue weighted by Gasteiger charge is 2.42. The molecule has 0 spiro atoms. The summed E-state index contributed by atoms with van der Waals surface area (Å²) in [6.45, 7) is 6.33. The number of rotatable bonds is 2. The Morgan fingerprint density at radius 3 is 2.19 bits per heavy atom. The summed E-state index contributed by atoms with van der Waals surface area (Å²) in [5.41, 5.74) is -0.626. The minimum atomic E-state index is -4.61. The number of aryl methyl sites for hydroxylation is 2. The van der Waals surface area contributed by atoms with Gasteiger partial charge in [-0.05, 0) is 51.0 Å². The first kappa shape index (κ1) is 15.6. The standard InChI is InChI=1S/C15H17F3N2O/c1-9-5-6-11(7-10(9)2)20-13(15(16,17)18)12(8-19-20)14(3,4)21/h5-8,21H,1-4H3. The van der Waals surface area contributed by atoms with Crippen molar-refractivity contribution >= 4 is 0 Å². The quantitative estimate of drug-likeness (QED) is 0.917. The Morgan fingerprint density at radius 2 is 1.71 bits per heavy atom. The molecule has 0 aliphatic heterocycles. The van der Waals surface area contributed by atoms with Gasteiger partial charge in [0.05, 0.1) is 17.5 Å². The minimum Gasteiger partial charge on any atom is -0.386 e. The van der Waals surface area contributed by atoms with Crippen LogP contribution in [0.2, 0.25) is 0 Å². The molecule has 0 aliphatic rings. The lowest BCUT2D eigenvalue weighted by molar-refractivity contribution is -0.145. The first-order chi connectivity index (χ1) is 9.51. The van der Waals surface area contributed by atoms with Crippen LogP contribution in [0.1, 0.15) is 36.2 Å². The molecule has 0 unspecified atom stereocenters. The van der Waals surface area contributed by atoms with E-state index in [1.165, 1.54) is 13.8 Å². The molecular weight excluding hydrogens is 281 g/mol. The van der Waals surface area contributed by atoms with Crippen molar-refractivity contribution in [1.82, 2.24) is 9.78 Å². The van der Waals surface area contributed by atoms with Gasteiger partial charge in [0.15, 0.2) is 5.69 Å². The molecule has 3 nitrogen and oxygen atoms in total. The highest BCUT2D eigenvalue weighted by Crippen LogP contribution is 2.37. The Labute approximate surface area is 121 Å². The van der Waals surface area contributed by atoms with Gasteiger partial charge in [-0.25, -0.2) is 4.68 Å². The predicted octanol–water partition coefficient (Wildman–Crippen LogP) is 3.74. The summed E-state index contributed by atoms with van der Waals surface area (Å²) < 4.78 is 40.9. The Bertz CT molecular complexity index is 667. The average Bonchev–Trinajstić information content (AvgIpc) is 2.76. The minimum absolute atomic E-state index is 0.242. The summed E-state index contributed by atoms with van der Waals surface area (Å²) in [4.78, 5) is 0. The van der Waals surface area contributed by atoms with E-state index in [-0.39, 0.29) is 5.56 Å². The zero-order valence-electron chi connectivity index (χ0n) is 12.3. The van der Waals surface area contributed by atoms with Gasteiger partial charge in [0.1, 0.15) is 0 Å². The third kappa shape index (κ3) is 2.95. The second-order valence-corrected chi connectivity index (χ2v) is 5.64. The molecule has 1 N–H and O–H groups in total. The van der Waals surface area contributed by atoms with Gasteiger partial charge in [-0.3, -0.25) is 0 Å². The number of halogens is 3. The molecular formula is C15H17F3N2O. The lowest BCUT2D eigenvalue weighted by Gasteiger charge is -2.20. The molecule has 0 bridgehead atoms. The van der Waals surface area contributed by atoms with E-state index in [4.69, 9.17) is 0 Å². The van der Waals surface area contributed by atoms with Crippen LogP contribution in [0.4, 0.5) is 13.2 Å². The molecule has 1 aromatic carbocycles. The fourth-order valence-corrected chi connectivity index (χ4v) is 2.12. The van der Waals surface area contributed by atoms with Crippen molar-refractivity contribution in [3.8, 4) is 5.69 Å². The molecule has 1 heterocycles. The highest BCUT2D eigenvalue weighted by molar-refractivity contribution is 5.42. The van der Waals surface area contributed by atoms with Crippen molar-refractivity contribution < 1.29 is 18.3 Å². The van der Waals surface area contributed by atoms with E-state index in [1.54, 1.807) is 18.2 Å². The molecule has 2 rings (SSSR count). The fourth-order valence-electron chi connectivity index (χ4n) is 2.12. The predicted molar refractivity (Wildman–Crippen MR) is 73.3 cm³/mol. The maximum Gasteiger partial charge on any atom is 0.433 e. The molecule has 1 aromatic heterocycles. The summed E-state index contributed by atoms with van der Waals surface area (Å²) in [6.07, 6.45) is -3.54. The summed E-state index contributed by atoms with van der Waals surface area (Å²) in [5.74, 6) is 0. The lowest BCUT2D eigenvalue weighted by atomic mass is 9.98. The van der Waals surface area contributed by atoms with Crippen LogP contribution in [0, 0.1) is 13.8 Å². The molecule has 0 fully saturated rings. The zero-order valence-corrected chi connectivity index (χ0v) is 12.3. The Hall–Kier alpha value is -1.82. The van der Waals surface area contributed by atoms with E-state index in [0.717, 1.165) is 22.0 Å². The maximum absolute atomic E-state index is 13.4. The molecule has 2 aromatic rings. The van der Waals surface area contributed by atoms with E-state index in [0.29, 0.717) is 5.69 Å². The zero-order chi connectivity index (χ0) is 16.0. The van der Waals surface area contributed by atoms with E-state index in [2.05, 4.69) is 5.10 Å². The van der Waals surface area contributed by atoms with Crippen LogP contribution in [0.15, 0.2) is 24.4 Å². The van der Waals surface area contributed by atoms with Crippen LogP contribution in [-0.2, 0) is 11.8 Å². The number of aromatic nitrogens is 2. The van der Waals surface area contributed by atoms with Crippen LogP contribution in [-0.4, -0.2) is 14.9 Å². The van der Waals surface area contributed by atoms with Crippen LogP contribution in [0.3, 0.4) is 0 Å². The van der Waals surface area contributed by atoms with Crippen molar-refractivity contribution in [2.45, 2.75) is 39.5 Å². The van der Waals surface area contributed by atoms with Gasteiger partial charge < -0.3 is 5.11 Å². The Morgan fingerprint density at radius 1 is 1.10 bits per heavy atom. The molecule has 0 radical (unpaired) electrons. The van der Waals surface area contributed by atoms with E-state index < -0.39 is 17.5 Å². The summed E-state index contributed by atoms with van der Waals surface area (Å²) in [7, 11) is 0. The lowest BCUT2D eigenvalue weighted by Crippen LogP contribution is -2.23. The van der Waals surface area contributed by atoms with Gasteiger partial charge in [0, 0.05) is 5.56 Å². The number of hydrogen-bond acceptors (Lipinski definition) is 2. The molecule has 0 amide bonds. The van der Waals surface area contributed by atoms with Crippen molar-refractivity contribution in [2.75, 3.05) is 0 Å². The van der Waals surface area contributed by atoms with E-state index >= 15 is 0 Å². The third-order valence-electron chi connectivity index (χ3n) is 3.43. The number of alkyl halides is 3. The van der Waals surface area contributed by atoms with Gasteiger partial charge in [-0.1, -0.05) is 6.07 Å². The Balaban J connectivity index is 2.70. The van der Waals surface area contributed by atoms with Gasteiger partial charge in [-0.15, -0.1) is 0 Å². The summed E-state index contributed by atoms with van der Waals surface area (Å²) in [6, 6.07) is 4.97. The average molecular weight is 298 g/mol. The first-order valence-electron chi connectivity index (χ1n) is 6.47. The Kier molecular flexibility index (Phi) is 3.61. The van der Waals surface area contributed by atoms with E-state index in [9.17, 15) is 18.3 Å². The van der Waals surface area contributed by atoms with Crippen molar-refractivity contribution in [3.63, 3.8) is 0 Å². The number of benzene rings is 1. The maximum atomic E-state index is 13.4. The molecule has 0 atom stereocenters. The summed E-state index contributed by atoms with van der Waals surface area (Å²) >= 11 is 0. The van der Waals surface area contributed by atoms with Crippen LogP contribution < -0.4 is 0 Å². The van der Waals surface area contributed by atoms with Gasteiger partial charge in [0.25, 0.3) is 0 Å². The number of aliphatic hydroxyl groups is 1. The topological polar surface area (TPSA) is 38.0 Å². The molecule has 0 saturated carbocycles. The number of hydrogen-bond donors (Lipinski definition) is 1. The smallest absolute Gasteiger partial charge is 0.386 e. The van der Waals surface area contributed by atoms with Gasteiger partial charge in [0.2, 0.25) is 0 Å². The van der Waals surface area contributed by atoms with Crippen molar-refractivity contribution in [2.24, 2.45) is 0 Å². The van der Waals surface area contributed by atoms with Crippen molar-refractivity contribution in [3.05, 3.63) is 46.8 Å². The fraction of sp³-hybridized carbons (Fsp3) is 0.400. The largest absolute Gasteiger partial charge is 0.433 e. The van der Waals surface area contributed by atoms with E-state index in [1.807, 2.05) is 13.8 Å². The molecule has 114 valence electrons. The van der Waals surface area contributed by atoms with Gasteiger partial charge >= 0.3 is 6.18 Å². The second-order valence-electron chi connectivity index (χ2n) is 5.64. The van der Waals surface area contributed by atoms with Crippen LogP contribution in [0.25, 0.3) is 5.69 Å². The van der Waals surface area contributed by atoms with Crippen LogP contribution in [0.5, 0.6) is 0 Å². The van der Waals surface area contributed by atoms with Gasteiger partial charge in [-0.2, -0.15) is 18.3 Å². The first-order valence-corrected chi connectivity index (χ1v) is 6.47. The van der Waals surface area contributed by atoms with Crippen molar-refractivity contribution in [1.29, 1.82) is 0 Å². The van der Waals surface area contributed by atoms with Crippen LogP contribution >= 0.6 is 0 Å². The second kappa shape index (κ2) is 4.87. The third-order valence-corrected chi connectivity index (χ3v) is 3.43.